The number of likely N-dealkylation sites (tertiary alicyclic amines) is 1. The highest BCUT2D eigenvalue weighted by molar-refractivity contribution is 6.38. The lowest BCUT2D eigenvalue weighted by Gasteiger charge is -2.38. The molecule has 0 aromatic carbocycles. The molecule has 0 radical (unpaired) electrons. The first kappa shape index (κ1) is 36.4. The highest BCUT2D eigenvalue weighted by Crippen LogP contribution is 2.43. The average molecular weight is 680 g/mol. The van der Waals surface area contributed by atoms with E-state index < -0.39 is 59.0 Å². The zero-order valence-corrected chi connectivity index (χ0v) is 29.3. The van der Waals surface area contributed by atoms with E-state index in [1.54, 1.807) is 4.90 Å². The van der Waals surface area contributed by atoms with Crippen LogP contribution in [0.2, 0.25) is 0 Å². The smallest absolute Gasteiger partial charge is 0.289 e. The van der Waals surface area contributed by atoms with E-state index in [0.29, 0.717) is 19.4 Å². The number of Topliss-reactive ketones (excluding diaryl/α,β-unsaturated/α-hetero) is 1. The number of aromatic nitrogens is 2. The quantitative estimate of drug-likeness (QED) is 0.230. The van der Waals surface area contributed by atoms with E-state index in [1.165, 1.54) is 18.6 Å². The van der Waals surface area contributed by atoms with Crippen molar-refractivity contribution in [3.63, 3.8) is 0 Å². The third-order valence-electron chi connectivity index (χ3n) is 10.7. The van der Waals surface area contributed by atoms with Crippen LogP contribution in [0.4, 0.5) is 0 Å². The Morgan fingerprint density at radius 3 is 2.27 bits per heavy atom. The van der Waals surface area contributed by atoms with Gasteiger partial charge in [-0.1, -0.05) is 59.8 Å². The molecule has 268 valence electrons. The monoisotopic (exact) mass is 679 g/mol. The van der Waals surface area contributed by atoms with Crippen molar-refractivity contribution in [1.29, 1.82) is 0 Å². The first-order valence-corrected chi connectivity index (χ1v) is 18.2. The molecule has 13 nitrogen and oxygen atoms in total. The lowest BCUT2D eigenvalue weighted by atomic mass is 9.82. The van der Waals surface area contributed by atoms with Gasteiger partial charge in [0.15, 0.2) is 0 Å². The molecule has 4 fully saturated rings. The van der Waals surface area contributed by atoms with Crippen molar-refractivity contribution in [2.45, 2.75) is 135 Å². The van der Waals surface area contributed by atoms with Crippen LogP contribution >= 0.6 is 0 Å². The number of fused-ring (bicyclic) bond motifs is 1. The number of hydrogen-bond acceptors (Lipinski definition) is 8. The van der Waals surface area contributed by atoms with Gasteiger partial charge in [-0.3, -0.25) is 33.8 Å². The first-order chi connectivity index (χ1) is 23.4. The predicted molar refractivity (Wildman–Crippen MR) is 181 cm³/mol. The maximum Gasteiger partial charge on any atom is 0.289 e. The number of ketones is 1. The van der Waals surface area contributed by atoms with Gasteiger partial charge in [0.25, 0.3) is 11.8 Å². The first-order valence-electron chi connectivity index (χ1n) is 18.2. The normalized spacial score (nSPS) is 24.2. The van der Waals surface area contributed by atoms with Gasteiger partial charge in [-0.05, 0) is 68.1 Å². The third-order valence-corrected chi connectivity index (χ3v) is 10.7. The van der Waals surface area contributed by atoms with Gasteiger partial charge in [-0.25, -0.2) is 4.98 Å². The number of hydrogen-bond donors (Lipinski definition) is 4. The lowest BCUT2D eigenvalue weighted by molar-refractivity contribution is -0.146. The molecule has 4 N–H and O–H groups in total. The van der Waals surface area contributed by atoms with Crippen molar-refractivity contribution in [1.82, 2.24) is 36.1 Å². The Morgan fingerprint density at radius 2 is 1.63 bits per heavy atom. The summed E-state index contributed by atoms with van der Waals surface area (Å²) in [7, 11) is 0. The summed E-state index contributed by atoms with van der Waals surface area (Å²) >= 11 is 0. The molecule has 0 spiro atoms. The Balaban J connectivity index is 1.36. The van der Waals surface area contributed by atoms with E-state index >= 15 is 0 Å². The summed E-state index contributed by atoms with van der Waals surface area (Å²) in [5, 5.41) is 11.5. The van der Waals surface area contributed by atoms with Gasteiger partial charge >= 0.3 is 0 Å². The van der Waals surface area contributed by atoms with E-state index in [4.69, 9.17) is 0 Å². The third kappa shape index (κ3) is 8.83. The Morgan fingerprint density at radius 1 is 0.898 bits per heavy atom. The molecular formula is C36H53N7O6. The van der Waals surface area contributed by atoms with Crippen molar-refractivity contribution >= 4 is 35.3 Å². The molecule has 13 heteroatoms. The topological polar surface area (TPSA) is 180 Å². The van der Waals surface area contributed by atoms with Crippen LogP contribution in [0.25, 0.3) is 0 Å². The minimum Gasteiger partial charge on any atom is -0.347 e. The fourth-order valence-corrected chi connectivity index (χ4v) is 7.87. The number of carbonyl (C=O) groups excluding carboxylic acids is 6. The van der Waals surface area contributed by atoms with E-state index in [-0.39, 0.29) is 35.4 Å². The van der Waals surface area contributed by atoms with Crippen LogP contribution in [0, 0.1) is 23.2 Å². The molecule has 3 aliphatic carbocycles. The second-order valence-corrected chi connectivity index (χ2v) is 15.5. The summed E-state index contributed by atoms with van der Waals surface area (Å²) in [6, 6.07) is -3.68. The molecule has 4 aliphatic rings. The fourth-order valence-electron chi connectivity index (χ4n) is 7.87. The molecule has 1 saturated heterocycles. The van der Waals surface area contributed by atoms with Crippen molar-refractivity contribution in [2.24, 2.45) is 23.2 Å². The van der Waals surface area contributed by atoms with Gasteiger partial charge in [0.2, 0.25) is 23.5 Å². The van der Waals surface area contributed by atoms with Gasteiger partial charge in [0.1, 0.15) is 23.8 Å². The zero-order valence-electron chi connectivity index (χ0n) is 29.3. The van der Waals surface area contributed by atoms with Crippen LogP contribution in [-0.2, 0) is 24.0 Å². The zero-order chi connectivity index (χ0) is 35.3. The van der Waals surface area contributed by atoms with Crippen molar-refractivity contribution in [2.75, 3.05) is 6.54 Å². The van der Waals surface area contributed by atoms with Gasteiger partial charge in [-0.15, -0.1) is 0 Å². The van der Waals surface area contributed by atoms with E-state index in [2.05, 4.69) is 31.2 Å². The predicted octanol–water partition coefficient (Wildman–Crippen LogP) is 2.45. The highest BCUT2D eigenvalue weighted by atomic mass is 16.2. The molecule has 5 amide bonds. The minimum absolute atomic E-state index is 0.0132. The van der Waals surface area contributed by atoms with E-state index in [0.717, 1.165) is 64.2 Å². The Bertz CT molecular complexity index is 1390. The second-order valence-electron chi connectivity index (χ2n) is 15.5. The summed E-state index contributed by atoms with van der Waals surface area (Å²) in [4.78, 5) is 91.4. The summed E-state index contributed by atoms with van der Waals surface area (Å²) in [5.41, 5.74) is -0.638. The number of rotatable bonds is 13. The van der Waals surface area contributed by atoms with Crippen molar-refractivity contribution < 1.29 is 28.8 Å². The Hall–Kier alpha value is -3.90. The summed E-state index contributed by atoms with van der Waals surface area (Å²) < 4.78 is 0. The summed E-state index contributed by atoms with van der Waals surface area (Å²) in [5.74, 6) is -3.20. The molecule has 49 heavy (non-hydrogen) atoms. The molecule has 5 rings (SSSR count). The molecule has 1 aromatic heterocycles. The number of carbonyl (C=O) groups is 6. The van der Waals surface area contributed by atoms with Gasteiger partial charge in [-0.2, -0.15) is 0 Å². The maximum absolute atomic E-state index is 14.6. The van der Waals surface area contributed by atoms with Crippen LogP contribution in [0.3, 0.4) is 0 Å². The summed E-state index contributed by atoms with van der Waals surface area (Å²) in [6.07, 6.45) is 13.9. The summed E-state index contributed by atoms with van der Waals surface area (Å²) in [6.45, 7) is 7.85. The molecule has 0 unspecified atom stereocenters. The van der Waals surface area contributed by atoms with Crippen LogP contribution < -0.4 is 21.3 Å². The van der Waals surface area contributed by atoms with Crippen LogP contribution in [-0.4, -0.2) is 86.9 Å². The maximum atomic E-state index is 14.6. The minimum atomic E-state index is -0.994. The Kier molecular flexibility index (Phi) is 11.7. The SMILES string of the molecule is CCC[C@H](NC(=O)[C@H]1[C@H]2CCC[C@H]2CN1C(=O)[C@@H](NC(=O)[C@H](NC(=O)c1cnccn1)C1CCCCC1)C(C)(C)C)C(=O)C(=O)NC1CC1. The van der Waals surface area contributed by atoms with Gasteiger partial charge in [0, 0.05) is 25.0 Å². The molecule has 1 aliphatic heterocycles. The van der Waals surface area contributed by atoms with Crippen molar-refractivity contribution in [3.8, 4) is 0 Å². The van der Waals surface area contributed by atoms with Crippen LogP contribution in [0.5, 0.6) is 0 Å². The van der Waals surface area contributed by atoms with E-state index in [9.17, 15) is 28.8 Å². The van der Waals surface area contributed by atoms with Crippen LogP contribution in [0.1, 0.15) is 115 Å². The second kappa shape index (κ2) is 15.8. The Labute approximate surface area is 288 Å². The number of nitrogens with one attached hydrogen (secondary N) is 4. The molecular weight excluding hydrogens is 626 g/mol. The lowest BCUT2D eigenvalue weighted by Crippen LogP contribution is -2.62. The number of amides is 5. The molecule has 3 saturated carbocycles. The van der Waals surface area contributed by atoms with Crippen molar-refractivity contribution in [3.05, 3.63) is 24.3 Å². The van der Waals surface area contributed by atoms with Gasteiger partial charge in [0.05, 0.1) is 12.2 Å². The molecule has 1 aromatic rings. The standard InChI is InChI=1S/C36H53N7O6/c1-5-10-25(29(44)34(48)39-23-15-16-23)40-33(47)28-24-14-9-13-22(24)20-43(28)35(49)30(36(2,3)4)42-32(46)27(21-11-7-6-8-12-21)41-31(45)26-19-37-17-18-38-26/h17-19,21-25,27-28,30H,5-16,20H2,1-4H3,(H,39,48)(H,40,47)(H,41,45)(H,42,46)/t22-,24-,25-,27+,28+,30+/m0/s1. The highest BCUT2D eigenvalue weighted by Gasteiger charge is 2.52. The van der Waals surface area contributed by atoms with Crippen LogP contribution in [0.15, 0.2) is 18.6 Å². The number of nitrogens with zero attached hydrogens (tertiary/aromatic N) is 3. The largest absolute Gasteiger partial charge is 0.347 e. The average Bonchev–Trinajstić information content (AvgIpc) is 3.65. The fraction of sp³-hybridized carbons (Fsp3) is 0.722. The molecule has 2 heterocycles. The van der Waals surface area contributed by atoms with E-state index in [1.807, 2.05) is 27.7 Å². The molecule has 6 atom stereocenters. The molecule has 0 bridgehead atoms. The van der Waals surface area contributed by atoms with Gasteiger partial charge < -0.3 is 26.2 Å².